The van der Waals surface area contributed by atoms with Crippen LogP contribution >= 0.6 is 0 Å². The molecule has 0 atom stereocenters. The standard InChI is InChI=1S/C12H13F3N4O2S/c1-16-22(20,21)6-5-19-8-11(17-18-19)9-3-2-4-10(7-9)12(13,14)15/h2-4,7-8,16H,5-6H2,1H3. The van der Waals surface area contributed by atoms with Crippen molar-refractivity contribution >= 4 is 10.0 Å². The highest BCUT2D eigenvalue weighted by Gasteiger charge is 2.30. The molecule has 6 nitrogen and oxygen atoms in total. The van der Waals surface area contributed by atoms with Crippen LogP contribution in [0.4, 0.5) is 13.2 Å². The molecule has 0 aliphatic rings. The first-order chi connectivity index (χ1) is 10.2. The van der Waals surface area contributed by atoms with Gasteiger partial charge in [0.05, 0.1) is 24.1 Å². The summed E-state index contributed by atoms with van der Waals surface area (Å²) in [6.07, 6.45) is -3.03. The van der Waals surface area contributed by atoms with Gasteiger partial charge in [0.15, 0.2) is 0 Å². The third-order valence-electron chi connectivity index (χ3n) is 2.92. The van der Waals surface area contributed by atoms with Crippen LogP contribution in [0.25, 0.3) is 11.3 Å². The summed E-state index contributed by atoms with van der Waals surface area (Å²) < 4.78 is 64.0. The Labute approximate surface area is 125 Å². The maximum absolute atomic E-state index is 12.7. The minimum atomic E-state index is -4.44. The number of hydrogen-bond acceptors (Lipinski definition) is 4. The molecule has 0 aliphatic carbocycles. The van der Waals surface area contributed by atoms with Gasteiger partial charge in [-0.3, -0.25) is 4.68 Å². The molecule has 10 heteroatoms. The van der Waals surface area contributed by atoms with Gasteiger partial charge in [0.2, 0.25) is 10.0 Å². The van der Waals surface area contributed by atoms with E-state index < -0.39 is 21.8 Å². The molecule has 120 valence electrons. The van der Waals surface area contributed by atoms with Crippen molar-refractivity contribution in [3.63, 3.8) is 0 Å². The Hall–Kier alpha value is -1.94. The van der Waals surface area contributed by atoms with E-state index in [1.807, 2.05) is 0 Å². The Morgan fingerprint density at radius 3 is 2.68 bits per heavy atom. The molecule has 0 spiro atoms. The number of halogens is 3. The molecule has 0 aliphatic heterocycles. The predicted octanol–water partition coefficient (Wildman–Crippen LogP) is 1.51. The normalized spacial score (nSPS) is 12.5. The fourth-order valence-electron chi connectivity index (χ4n) is 1.71. The fourth-order valence-corrected chi connectivity index (χ4v) is 2.34. The van der Waals surface area contributed by atoms with Crippen LogP contribution in [0.2, 0.25) is 0 Å². The summed E-state index contributed by atoms with van der Waals surface area (Å²) in [4.78, 5) is 0. The number of hydrogen-bond donors (Lipinski definition) is 1. The van der Waals surface area contributed by atoms with E-state index in [4.69, 9.17) is 0 Å². The zero-order valence-corrected chi connectivity index (χ0v) is 12.3. The first kappa shape index (κ1) is 16.4. The SMILES string of the molecule is CNS(=O)(=O)CCn1cc(-c2cccc(C(F)(F)F)c2)nn1. The Bertz CT molecular complexity index is 756. The van der Waals surface area contributed by atoms with Gasteiger partial charge in [-0.2, -0.15) is 13.2 Å². The molecule has 0 radical (unpaired) electrons. The molecule has 1 N–H and O–H groups in total. The Kier molecular flexibility index (Phi) is 4.52. The lowest BCUT2D eigenvalue weighted by Gasteiger charge is -2.07. The van der Waals surface area contributed by atoms with Crippen molar-refractivity contribution in [3.05, 3.63) is 36.0 Å². The minimum absolute atomic E-state index is 0.0507. The smallest absolute Gasteiger partial charge is 0.251 e. The summed E-state index contributed by atoms with van der Waals surface area (Å²) in [5.74, 6) is -0.200. The van der Waals surface area contributed by atoms with E-state index in [0.29, 0.717) is 0 Å². The first-order valence-corrected chi connectivity index (χ1v) is 7.85. The highest BCUT2D eigenvalue weighted by Crippen LogP contribution is 2.31. The lowest BCUT2D eigenvalue weighted by atomic mass is 10.1. The zero-order valence-electron chi connectivity index (χ0n) is 11.5. The van der Waals surface area contributed by atoms with Gasteiger partial charge >= 0.3 is 6.18 Å². The van der Waals surface area contributed by atoms with Crippen molar-refractivity contribution in [2.24, 2.45) is 0 Å². The number of nitrogens with one attached hydrogen (secondary N) is 1. The predicted molar refractivity (Wildman–Crippen MR) is 73.3 cm³/mol. The molecule has 0 saturated heterocycles. The second-order valence-corrected chi connectivity index (χ2v) is 6.51. The lowest BCUT2D eigenvalue weighted by molar-refractivity contribution is -0.137. The summed E-state index contributed by atoms with van der Waals surface area (Å²) in [6, 6.07) is 4.70. The van der Waals surface area contributed by atoms with Crippen molar-refractivity contribution in [3.8, 4) is 11.3 Å². The number of benzene rings is 1. The van der Waals surface area contributed by atoms with Gasteiger partial charge < -0.3 is 0 Å². The number of rotatable bonds is 5. The van der Waals surface area contributed by atoms with Gasteiger partial charge in [0.1, 0.15) is 5.69 Å². The first-order valence-electron chi connectivity index (χ1n) is 6.20. The zero-order chi connectivity index (χ0) is 16.4. The number of alkyl halides is 3. The third kappa shape index (κ3) is 4.04. The monoisotopic (exact) mass is 334 g/mol. The fraction of sp³-hybridized carbons (Fsp3) is 0.333. The Balaban J connectivity index is 2.18. The average molecular weight is 334 g/mol. The third-order valence-corrected chi connectivity index (χ3v) is 4.27. The second-order valence-electron chi connectivity index (χ2n) is 4.47. The van der Waals surface area contributed by atoms with E-state index in [9.17, 15) is 21.6 Å². The number of nitrogens with zero attached hydrogens (tertiary/aromatic N) is 3. The van der Waals surface area contributed by atoms with Crippen molar-refractivity contribution < 1.29 is 21.6 Å². The molecular weight excluding hydrogens is 321 g/mol. The van der Waals surface area contributed by atoms with Crippen LogP contribution < -0.4 is 4.72 Å². The molecule has 0 unspecified atom stereocenters. The molecule has 2 rings (SSSR count). The molecular formula is C12H13F3N4O2S. The van der Waals surface area contributed by atoms with Gasteiger partial charge in [-0.05, 0) is 19.2 Å². The highest BCUT2D eigenvalue weighted by atomic mass is 32.2. The van der Waals surface area contributed by atoms with Gasteiger partial charge in [-0.15, -0.1) is 5.10 Å². The molecule has 0 bridgehead atoms. The van der Waals surface area contributed by atoms with Crippen LogP contribution in [0, 0.1) is 0 Å². The van der Waals surface area contributed by atoms with Crippen molar-refractivity contribution in [2.75, 3.05) is 12.8 Å². The van der Waals surface area contributed by atoms with Crippen LogP contribution in [0.15, 0.2) is 30.5 Å². The van der Waals surface area contributed by atoms with Crippen LogP contribution in [-0.4, -0.2) is 36.2 Å². The molecule has 1 aromatic heterocycles. The van der Waals surface area contributed by atoms with E-state index in [1.165, 1.54) is 30.1 Å². The van der Waals surface area contributed by atoms with Crippen molar-refractivity contribution in [1.82, 2.24) is 19.7 Å². The molecule has 22 heavy (non-hydrogen) atoms. The molecule has 1 heterocycles. The Morgan fingerprint density at radius 1 is 1.32 bits per heavy atom. The van der Waals surface area contributed by atoms with Crippen LogP contribution in [-0.2, 0) is 22.7 Å². The van der Waals surface area contributed by atoms with E-state index >= 15 is 0 Å². The summed E-state index contributed by atoms with van der Waals surface area (Å²) in [5, 5.41) is 7.48. The number of aryl methyl sites for hydroxylation is 1. The molecule has 2 aromatic rings. The van der Waals surface area contributed by atoms with Crippen LogP contribution in [0.1, 0.15) is 5.56 Å². The molecule has 0 amide bonds. The molecule has 0 saturated carbocycles. The van der Waals surface area contributed by atoms with Crippen LogP contribution in [0.5, 0.6) is 0 Å². The van der Waals surface area contributed by atoms with Gasteiger partial charge in [-0.25, -0.2) is 13.1 Å². The maximum Gasteiger partial charge on any atom is 0.416 e. The van der Waals surface area contributed by atoms with Gasteiger partial charge in [-0.1, -0.05) is 17.3 Å². The number of aromatic nitrogens is 3. The summed E-state index contributed by atoms with van der Waals surface area (Å²) >= 11 is 0. The van der Waals surface area contributed by atoms with E-state index in [0.717, 1.165) is 12.1 Å². The number of sulfonamides is 1. The maximum atomic E-state index is 12.7. The average Bonchev–Trinajstić information content (AvgIpc) is 2.94. The summed E-state index contributed by atoms with van der Waals surface area (Å²) in [7, 11) is -2.09. The summed E-state index contributed by atoms with van der Waals surface area (Å²) in [6.45, 7) is 0.0507. The van der Waals surface area contributed by atoms with Crippen LogP contribution in [0.3, 0.4) is 0 Å². The lowest BCUT2D eigenvalue weighted by Crippen LogP contribution is -2.24. The Morgan fingerprint density at radius 2 is 2.05 bits per heavy atom. The highest BCUT2D eigenvalue weighted by molar-refractivity contribution is 7.89. The molecule has 0 fully saturated rings. The quantitative estimate of drug-likeness (QED) is 0.899. The molecule has 1 aromatic carbocycles. The largest absolute Gasteiger partial charge is 0.416 e. The topological polar surface area (TPSA) is 76.9 Å². The van der Waals surface area contributed by atoms with Gasteiger partial charge in [0, 0.05) is 5.56 Å². The minimum Gasteiger partial charge on any atom is -0.251 e. The van der Waals surface area contributed by atoms with E-state index in [1.54, 1.807) is 0 Å². The van der Waals surface area contributed by atoms with E-state index in [-0.39, 0.29) is 23.6 Å². The second kappa shape index (κ2) is 6.05. The van der Waals surface area contributed by atoms with Crippen molar-refractivity contribution in [1.29, 1.82) is 0 Å². The van der Waals surface area contributed by atoms with Crippen molar-refractivity contribution in [2.45, 2.75) is 12.7 Å². The summed E-state index contributed by atoms with van der Waals surface area (Å²) in [5.41, 5.74) is -0.275. The van der Waals surface area contributed by atoms with E-state index in [2.05, 4.69) is 15.0 Å². The van der Waals surface area contributed by atoms with Gasteiger partial charge in [0.25, 0.3) is 0 Å².